The lowest BCUT2D eigenvalue weighted by Gasteiger charge is -2.33. The van der Waals surface area contributed by atoms with E-state index in [-0.39, 0.29) is 11.8 Å². The largest absolute Gasteiger partial charge is 0.465 e. The van der Waals surface area contributed by atoms with Gasteiger partial charge in [-0.1, -0.05) is 6.92 Å². The lowest BCUT2D eigenvalue weighted by atomic mass is 10.3. The first-order valence-corrected chi connectivity index (χ1v) is 7.68. The molecule has 1 aliphatic rings. The third kappa shape index (κ3) is 5.04. The zero-order valence-electron chi connectivity index (χ0n) is 13.0. The van der Waals surface area contributed by atoms with Crippen molar-refractivity contribution in [2.75, 3.05) is 39.3 Å². The molecule has 1 aromatic heterocycles. The summed E-state index contributed by atoms with van der Waals surface area (Å²) in [4.78, 5) is 27.6. The minimum atomic E-state index is -0.0218. The van der Waals surface area contributed by atoms with E-state index in [9.17, 15) is 9.59 Å². The number of hydrogen-bond donors (Lipinski definition) is 1. The normalized spacial score (nSPS) is 16.1. The zero-order chi connectivity index (χ0) is 15.8. The lowest BCUT2D eigenvalue weighted by molar-refractivity contribution is -0.128. The van der Waals surface area contributed by atoms with Gasteiger partial charge in [0.05, 0.1) is 12.8 Å². The molecule has 22 heavy (non-hydrogen) atoms. The van der Waals surface area contributed by atoms with Crippen LogP contribution in [-0.2, 0) is 9.59 Å². The van der Waals surface area contributed by atoms with E-state index in [4.69, 9.17) is 4.42 Å². The highest BCUT2D eigenvalue weighted by Gasteiger charge is 2.20. The highest BCUT2D eigenvalue weighted by molar-refractivity contribution is 5.91. The monoisotopic (exact) mass is 305 g/mol. The summed E-state index contributed by atoms with van der Waals surface area (Å²) >= 11 is 0. The van der Waals surface area contributed by atoms with Crippen molar-refractivity contribution in [3.8, 4) is 0 Å². The average molecular weight is 305 g/mol. The molecule has 0 saturated carbocycles. The zero-order valence-corrected chi connectivity index (χ0v) is 13.0. The molecule has 0 aromatic carbocycles. The Labute approximate surface area is 130 Å². The molecule has 1 saturated heterocycles. The number of furan rings is 1. The Morgan fingerprint density at radius 3 is 2.73 bits per heavy atom. The van der Waals surface area contributed by atoms with Crippen molar-refractivity contribution in [3.05, 3.63) is 30.2 Å². The molecule has 1 N–H and O–H groups in total. The van der Waals surface area contributed by atoms with E-state index < -0.39 is 0 Å². The summed E-state index contributed by atoms with van der Waals surface area (Å²) in [6, 6.07) is 3.59. The maximum Gasteiger partial charge on any atom is 0.246 e. The van der Waals surface area contributed by atoms with Crippen LogP contribution in [0.2, 0.25) is 0 Å². The van der Waals surface area contributed by atoms with Gasteiger partial charge in [0.15, 0.2) is 0 Å². The fraction of sp³-hybridized carbons (Fsp3) is 0.500. The maximum absolute atomic E-state index is 12.1. The van der Waals surface area contributed by atoms with Gasteiger partial charge in [0.2, 0.25) is 11.8 Å². The predicted octanol–water partition coefficient (Wildman–Crippen LogP) is 0.963. The SMILES string of the molecule is CCCNC(=O)CN1CCN(C(=O)/C=C/c2ccco2)CC1. The first-order chi connectivity index (χ1) is 10.7. The molecule has 0 radical (unpaired) electrons. The van der Waals surface area contributed by atoms with Gasteiger partial charge in [0, 0.05) is 38.8 Å². The molecule has 2 heterocycles. The van der Waals surface area contributed by atoms with E-state index in [0.29, 0.717) is 25.4 Å². The van der Waals surface area contributed by atoms with Gasteiger partial charge in [-0.25, -0.2) is 0 Å². The number of carbonyl (C=O) groups is 2. The minimum absolute atomic E-state index is 0.0218. The molecule has 0 spiro atoms. The van der Waals surface area contributed by atoms with Gasteiger partial charge in [0.1, 0.15) is 5.76 Å². The van der Waals surface area contributed by atoms with Crippen molar-refractivity contribution in [2.45, 2.75) is 13.3 Å². The van der Waals surface area contributed by atoms with Crippen LogP contribution in [0, 0.1) is 0 Å². The van der Waals surface area contributed by atoms with Gasteiger partial charge >= 0.3 is 0 Å². The van der Waals surface area contributed by atoms with Crippen molar-refractivity contribution >= 4 is 17.9 Å². The molecule has 120 valence electrons. The first-order valence-electron chi connectivity index (χ1n) is 7.68. The van der Waals surface area contributed by atoms with Crippen LogP contribution in [0.15, 0.2) is 28.9 Å². The molecule has 6 nitrogen and oxygen atoms in total. The van der Waals surface area contributed by atoms with E-state index in [1.54, 1.807) is 29.4 Å². The number of nitrogens with one attached hydrogen (secondary N) is 1. The molecular formula is C16H23N3O3. The Bertz CT molecular complexity index is 503. The van der Waals surface area contributed by atoms with Crippen LogP contribution in [0.5, 0.6) is 0 Å². The van der Waals surface area contributed by atoms with E-state index in [0.717, 1.165) is 26.1 Å². The van der Waals surface area contributed by atoms with Gasteiger partial charge in [0.25, 0.3) is 0 Å². The Hall–Kier alpha value is -2.08. The molecule has 6 heteroatoms. The molecule has 2 rings (SSSR count). The number of piperazine rings is 1. The summed E-state index contributed by atoms with van der Waals surface area (Å²) in [5.41, 5.74) is 0. The summed E-state index contributed by atoms with van der Waals surface area (Å²) < 4.78 is 5.15. The number of hydrogen-bond acceptors (Lipinski definition) is 4. The third-order valence-electron chi connectivity index (χ3n) is 3.56. The van der Waals surface area contributed by atoms with Crippen molar-refractivity contribution in [3.63, 3.8) is 0 Å². The molecule has 1 aromatic rings. The molecule has 2 amide bonds. The van der Waals surface area contributed by atoms with Crippen LogP contribution in [0.25, 0.3) is 6.08 Å². The van der Waals surface area contributed by atoms with Gasteiger partial charge in [-0.3, -0.25) is 14.5 Å². The smallest absolute Gasteiger partial charge is 0.246 e. The lowest BCUT2D eigenvalue weighted by Crippen LogP contribution is -2.50. The van der Waals surface area contributed by atoms with Crippen LogP contribution in [0.3, 0.4) is 0 Å². The van der Waals surface area contributed by atoms with Crippen LogP contribution in [0.4, 0.5) is 0 Å². The van der Waals surface area contributed by atoms with Crippen molar-refractivity contribution in [2.24, 2.45) is 0 Å². The average Bonchev–Trinajstić information content (AvgIpc) is 3.05. The predicted molar refractivity (Wildman–Crippen MR) is 84.1 cm³/mol. The fourth-order valence-electron chi connectivity index (χ4n) is 2.29. The Kier molecular flexibility index (Phi) is 6.21. The van der Waals surface area contributed by atoms with Gasteiger partial charge in [-0.2, -0.15) is 0 Å². The Morgan fingerprint density at radius 1 is 1.32 bits per heavy atom. The van der Waals surface area contributed by atoms with Crippen molar-refractivity contribution in [1.82, 2.24) is 15.1 Å². The number of carbonyl (C=O) groups excluding carboxylic acids is 2. The van der Waals surface area contributed by atoms with E-state index in [1.807, 2.05) is 6.92 Å². The number of nitrogens with zero attached hydrogens (tertiary/aromatic N) is 2. The number of amides is 2. The van der Waals surface area contributed by atoms with E-state index in [2.05, 4.69) is 10.2 Å². The Balaban J connectivity index is 1.72. The molecule has 0 atom stereocenters. The summed E-state index contributed by atoms with van der Waals surface area (Å²) in [6.45, 7) is 5.88. The molecule has 0 bridgehead atoms. The third-order valence-corrected chi connectivity index (χ3v) is 3.56. The quantitative estimate of drug-likeness (QED) is 0.795. The summed E-state index contributed by atoms with van der Waals surface area (Å²) in [5, 5.41) is 2.87. The highest BCUT2D eigenvalue weighted by Crippen LogP contribution is 2.06. The molecule has 0 unspecified atom stereocenters. The summed E-state index contributed by atoms with van der Waals surface area (Å²) in [7, 11) is 0. The second-order valence-corrected chi connectivity index (χ2v) is 5.30. The fourth-order valence-corrected chi connectivity index (χ4v) is 2.29. The standard InChI is InChI=1S/C16H23N3O3/c1-2-7-17-15(20)13-18-8-10-19(11-9-18)16(21)6-5-14-4-3-12-22-14/h3-6,12H,2,7-11,13H2,1H3,(H,17,20)/b6-5+. The van der Waals surface area contributed by atoms with Gasteiger partial charge in [-0.05, 0) is 24.6 Å². The van der Waals surface area contributed by atoms with Crippen LogP contribution in [-0.4, -0.2) is 60.9 Å². The van der Waals surface area contributed by atoms with E-state index in [1.165, 1.54) is 6.08 Å². The van der Waals surface area contributed by atoms with Crippen LogP contribution < -0.4 is 5.32 Å². The summed E-state index contributed by atoms with van der Waals surface area (Å²) in [5.74, 6) is 0.699. The van der Waals surface area contributed by atoms with Crippen LogP contribution in [0.1, 0.15) is 19.1 Å². The van der Waals surface area contributed by atoms with Crippen molar-refractivity contribution in [1.29, 1.82) is 0 Å². The van der Waals surface area contributed by atoms with Crippen LogP contribution >= 0.6 is 0 Å². The summed E-state index contributed by atoms with van der Waals surface area (Å²) in [6.07, 6.45) is 5.72. The second kappa shape index (κ2) is 8.38. The van der Waals surface area contributed by atoms with E-state index >= 15 is 0 Å². The molecular weight excluding hydrogens is 282 g/mol. The first kappa shape index (κ1) is 16.3. The molecule has 0 aliphatic carbocycles. The van der Waals surface area contributed by atoms with Gasteiger partial charge < -0.3 is 14.6 Å². The Morgan fingerprint density at radius 2 is 2.09 bits per heavy atom. The molecule has 1 fully saturated rings. The minimum Gasteiger partial charge on any atom is -0.465 e. The van der Waals surface area contributed by atoms with Crippen molar-refractivity contribution < 1.29 is 14.0 Å². The van der Waals surface area contributed by atoms with Gasteiger partial charge in [-0.15, -0.1) is 0 Å². The maximum atomic E-state index is 12.1. The number of rotatable bonds is 6. The second-order valence-electron chi connectivity index (χ2n) is 5.30. The highest BCUT2D eigenvalue weighted by atomic mass is 16.3. The topological polar surface area (TPSA) is 65.8 Å². The molecule has 1 aliphatic heterocycles.